The average Bonchev–Trinajstić information content (AvgIpc) is 2.27. The summed E-state index contributed by atoms with van der Waals surface area (Å²) in [5.74, 6) is 0. The summed E-state index contributed by atoms with van der Waals surface area (Å²) in [6.07, 6.45) is 0.507. The van der Waals surface area contributed by atoms with E-state index in [-0.39, 0.29) is 16.5 Å². The van der Waals surface area contributed by atoms with Gasteiger partial charge in [0.15, 0.2) is 0 Å². The Morgan fingerprint density at radius 1 is 1.44 bits per heavy atom. The fraction of sp³-hybridized carbons (Fsp3) is 0.500. The molecule has 0 aliphatic heterocycles. The second-order valence-electron chi connectivity index (χ2n) is 4.18. The molecule has 1 rings (SSSR count). The van der Waals surface area contributed by atoms with Crippen molar-refractivity contribution in [2.45, 2.75) is 37.7 Å². The first kappa shape index (κ1) is 15.4. The third kappa shape index (κ3) is 4.24. The molecule has 0 spiro atoms. The van der Waals surface area contributed by atoms with Gasteiger partial charge in [-0.25, -0.2) is 13.1 Å². The van der Waals surface area contributed by atoms with Crippen molar-refractivity contribution in [3.05, 3.63) is 28.8 Å². The van der Waals surface area contributed by atoms with Crippen molar-refractivity contribution in [2.75, 3.05) is 6.54 Å². The Labute approximate surface area is 113 Å². The first-order valence-corrected chi connectivity index (χ1v) is 7.67. The van der Waals surface area contributed by atoms with E-state index in [0.29, 0.717) is 12.8 Å². The van der Waals surface area contributed by atoms with E-state index in [1.165, 1.54) is 6.07 Å². The number of benzene rings is 1. The van der Waals surface area contributed by atoms with Crippen molar-refractivity contribution < 1.29 is 13.5 Å². The van der Waals surface area contributed by atoms with E-state index in [2.05, 4.69) is 4.72 Å². The first-order chi connectivity index (χ1) is 8.36. The van der Waals surface area contributed by atoms with Crippen LogP contribution in [0.5, 0.6) is 0 Å². The summed E-state index contributed by atoms with van der Waals surface area (Å²) >= 11 is 5.91. The molecular formula is C12H18ClNO3S. The van der Waals surface area contributed by atoms with E-state index >= 15 is 0 Å². The van der Waals surface area contributed by atoms with Crippen LogP contribution in [0.25, 0.3) is 0 Å². The van der Waals surface area contributed by atoms with Gasteiger partial charge in [-0.05, 0) is 37.5 Å². The molecule has 102 valence electrons. The van der Waals surface area contributed by atoms with E-state index in [1.807, 2.05) is 13.8 Å². The topological polar surface area (TPSA) is 66.4 Å². The van der Waals surface area contributed by atoms with Crippen LogP contribution in [-0.4, -0.2) is 26.2 Å². The maximum atomic E-state index is 12.0. The summed E-state index contributed by atoms with van der Waals surface area (Å²) < 4.78 is 26.3. The van der Waals surface area contributed by atoms with Crippen molar-refractivity contribution in [1.82, 2.24) is 4.72 Å². The van der Waals surface area contributed by atoms with Crippen LogP contribution < -0.4 is 4.72 Å². The van der Waals surface area contributed by atoms with Gasteiger partial charge in [0.2, 0.25) is 10.0 Å². The molecule has 0 fully saturated rings. The van der Waals surface area contributed by atoms with Crippen molar-refractivity contribution in [1.29, 1.82) is 0 Å². The Hall–Kier alpha value is -0.620. The molecule has 1 aromatic carbocycles. The molecule has 2 N–H and O–H groups in total. The van der Waals surface area contributed by atoms with Gasteiger partial charge < -0.3 is 5.11 Å². The Morgan fingerprint density at radius 3 is 2.67 bits per heavy atom. The fourth-order valence-corrected chi connectivity index (χ4v) is 3.11. The zero-order valence-corrected chi connectivity index (χ0v) is 12.1. The maximum Gasteiger partial charge on any atom is 0.242 e. The molecule has 18 heavy (non-hydrogen) atoms. The van der Waals surface area contributed by atoms with Crippen LogP contribution in [0.15, 0.2) is 23.1 Å². The van der Waals surface area contributed by atoms with E-state index in [4.69, 9.17) is 11.6 Å². The summed E-state index contributed by atoms with van der Waals surface area (Å²) in [6.45, 7) is 3.88. The molecule has 0 saturated heterocycles. The lowest BCUT2D eigenvalue weighted by Gasteiger charge is -2.10. The zero-order valence-electron chi connectivity index (χ0n) is 10.5. The van der Waals surface area contributed by atoms with Gasteiger partial charge in [-0.1, -0.05) is 24.6 Å². The van der Waals surface area contributed by atoms with E-state index < -0.39 is 16.1 Å². The molecular weight excluding hydrogens is 274 g/mol. The predicted molar refractivity (Wildman–Crippen MR) is 72.3 cm³/mol. The zero-order chi connectivity index (χ0) is 13.8. The minimum atomic E-state index is -3.60. The quantitative estimate of drug-likeness (QED) is 0.843. The average molecular weight is 292 g/mol. The van der Waals surface area contributed by atoms with E-state index in [9.17, 15) is 13.5 Å². The Balaban J connectivity index is 2.74. The van der Waals surface area contributed by atoms with Gasteiger partial charge in [0.25, 0.3) is 0 Å². The highest BCUT2D eigenvalue weighted by Gasteiger charge is 2.17. The third-order valence-electron chi connectivity index (χ3n) is 2.62. The molecule has 0 aliphatic rings. The summed E-state index contributed by atoms with van der Waals surface area (Å²) in [4.78, 5) is 0.0701. The Bertz CT molecular complexity index is 502. The van der Waals surface area contributed by atoms with Gasteiger partial charge in [0, 0.05) is 6.54 Å². The van der Waals surface area contributed by atoms with Gasteiger partial charge in [-0.15, -0.1) is 0 Å². The van der Waals surface area contributed by atoms with Crippen molar-refractivity contribution in [3.63, 3.8) is 0 Å². The monoisotopic (exact) mass is 291 g/mol. The van der Waals surface area contributed by atoms with Gasteiger partial charge in [-0.3, -0.25) is 0 Å². The number of halogens is 1. The van der Waals surface area contributed by atoms with Gasteiger partial charge in [-0.2, -0.15) is 0 Å². The lowest BCUT2D eigenvalue weighted by atomic mass is 10.2. The lowest BCUT2D eigenvalue weighted by Crippen LogP contribution is -2.27. The van der Waals surface area contributed by atoms with E-state index in [0.717, 1.165) is 5.56 Å². The Kier molecular flexibility index (Phi) is 5.59. The molecule has 0 amide bonds. The SMILES string of the molecule is CCC(O)CCNS(=O)(=O)c1ccc(C)cc1Cl. The van der Waals surface area contributed by atoms with Crippen LogP contribution in [0.2, 0.25) is 5.02 Å². The van der Waals surface area contributed by atoms with Gasteiger partial charge >= 0.3 is 0 Å². The molecule has 1 atom stereocenters. The number of rotatable bonds is 6. The van der Waals surface area contributed by atoms with Crippen LogP contribution in [0.4, 0.5) is 0 Å². The standard InChI is InChI=1S/C12H18ClNO3S/c1-3-10(15)6-7-14-18(16,17)12-5-4-9(2)8-11(12)13/h4-5,8,10,14-15H,3,6-7H2,1-2H3. The Morgan fingerprint density at radius 2 is 2.11 bits per heavy atom. The molecule has 0 heterocycles. The van der Waals surface area contributed by atoms with Crippen molar-refractivity contribution in [2.24, 2.45) is 0 Å². The van der Waals surface area contributed by atoms with Gasteiger partial charge in [0.05, 0.1) is 11.1 Å². The summed E-state index contributed by atoms with van der Waals surface area (Å²) in [5, 5.41) is 9.56. The van der Waals surface area contributed by atoms with Crippen molar-refractivity contribution >= 4 is 21.6 Å². The highest BCUT2D eigenvalue weighted by atomic mass is 35.5. The normalized spacial score (nSPS) is 13.6. The number of nitrogens with one attached hydrogen (secondary N) is 1. The van der Waals surface area contributed by atoms with Crippen molar-refractivity contribution in [3.8, 4) is 0 Å². The number of aliphatic hydroxyl groups excluding tert-OH is 1. The fourth-order valence-electron chi connectivity index (χ4n) is 1.47. The number of aryl methyl sites for hydroxylation is 1. The van der Waals surface area contributed by atoms with E-state index in [1.54, 1.807) is 12.1 Å². The van der Waals surface area contributed by atoms with Crippen LogP contribution in [0, 0.1) is 6.92 Å². The number of hydrogen-bond donors (Lipinski definition) is 2. The largest absolute Gasteiger partial charge is 0.393 e. The third-order valence-corrected chi connectivity index (χ3v) is 4.56. The second-order valence-corrected chi connectivity index (χ2v) is 6.32. The number of hydrogen-bond acceptors (Lipinski definition) is 3. The highest BCUT2D eigenvalue weighted by molar-refractivity contribution is 7.89. The molecule has 0 bridgehead atoms. The summed E-state index contributed by atoms with van der Waals surface area (Å²) in [5.41, 5.74) is 0.903. The smallest absolute Gasteiger partial charge is 0.242 e. The molecule has 4 nitrogen and oxygen atoms in total. The molecule has 6 heteroatoms. The molecule has 1 unspecified atom stereocenters. The van der Waals surface area contributed by atoms with Crippen LogP contribution in [-0.2, 0) is 10.0 Å². The molecule has 0 saturated carbocycles. The van der Waals surface area contributed by atoms with Crippen LogP contribution in [0.1, 0.15) is 25.3 Å². The number of sulfonamides is 1. The minimum absolute atomic E-state index is 0.0701. The predicted octanol–water partition coefficient (Wildman–Crippen LogP) is 2.09. The van der Waals surface area contributed by atoms with Gasteiger partial charge in [0.1, 0.15) is 4.90 Å². The minimum Gasteiger partial charge on any atom is -0.393 e. The van der Waals surface area contributed by atoms with Crippen LogP contribution in [0.3, 0.4) is 0 Å². The number of aliphatic hydroxyl groups is 1. The first-order valence-electron chi connectivity index (χ1n) is 5.80. The lowest BCUT2D eigenvalue weighted by molar-refractivity contribution is 0.162. The second kappa shape index (κ2) is 6.52. The molecule has 0 aromatic heterocycles. The van der Waals surface area contributed by atoms with Crippen LogP contribution >= 0.6 is 11.6 Å². The maximum absolute atomic E-state index is 12.0. The molecule has 1 aromatic rings. The summed E-state index contributed by atoms with van der Waals surface area (Å²) in [7, 11) is -3.60. The highest BCUT2D eigenvalue weighted by Crippen LogP contribution is 2.22. The molecule has 0 radical (unpaired) electrons. The molecule has 0 aliphatic carbocycles. The summed E-state index contributed by atoms with van der Waals surface area (Å²) in [6, 6.07) is 4.79.